The van der Waals surface area contributed by atoms with Gasteiger partial charge in [0.2, 0.25) is 0 Å². The number of hydrogen-bond donors (Lipinski definition) is 2. The van der Waals surface area contributed by atoms with Crippen LogP contribution in [0.2, 0.25) is 5.15 Å². The molecule has 2 rings (SSSR count). The molecule has 19 heavy (non-hydrogen) atoms. The summed E-state index contributed by atoms with van der Waals surface area (Å²) in [6.07, 6.45) is 1.11. The molecule has 0 aliphatic carbocycles. The Balaban J connectivity index is 2.38. The van der Waals surface area contributed by atoms with Crippen LogP contribution in [-0.2, 0) is 10.0 Å². The van der Waals surface area contributed by atoms with E-state index < -0.39 is 15.8 Å². The maximum Gasteiger partial charge on any atom is 0.265 e. The first-order valence-electron chi connectivity index (χ1n) is 4.94. The highest BCUT2D eigenvalue weighted by atomic mass is 35.5. The van der Waals surface area contributed by atoms with Gasteiger partial charge in [0, 0.05) is 6.07 Å². The lowest BCUT2D eigenvalue weighted by molar-refractivity contribution is 0.600. The monoisotopic (exact) mass is 302 g/mol. The van der Waals surface area contributed by atoms with Gasteiger partial charge in [-0.2, -0.15) is 0 Å². The van der Waals surface area contributed by atoms with E-state index in [4.69, 9.17) is 17.3 Å². The Morgan fingerprint density at radius 2 is 2.00 bits per heavy atom. The summed E-state index contributed by atoms with van der Waals surface area (Å²) in [4.78, 5) is 7.07. The van der Waals surface area contributed by atoms with Gasteiger partial charge in [-0.05, 0) is 18.2 Å². The summed E-state index contributed by atoms with van der Waals surface area (Å²) < 4.78 is 39.1. The summed E-state index contributed by atoms with van der Waals surface area (Å²) in [6.45, 7) is 0. The zero-order valence-corrected chi connectivity index (χ0v) is 10.9. The lowest BCUT2D eigenvalue weighted by atomic mass is 10.3. The molecule has 0 unspecified atom stereocenters. The number of aromatic nitrogens is 2. The molecule has 0 atom stereocenters. The lowest BCUT2D eigenvalue weighted by Gasteiger charge is -2.09. The number of sulfonamides is 1. The van der Waals surface area contributed by atoms with E-state index in [-0.39, 0.29) is 21.6 Å². The number of benzene rings is 1. The fraction of sp³-hybridized carbons (Fsp3) is 0. The van der Waals surface area contributed by atoms with E-state index in [0.29, 0.717) is 0 Å². The van der Waals surface area contributed by atoms with E-state index in [9.17, 15) is 12.8 Å². The maximum absolute atomic E-state index is 12.9. The number of anilines is 2. The summed E-state index contributed by atoms with van der Waals surface area (Å²) in [5.74, 6) is -0.634. The molecule has 0 bridgehead atoms. The van der Waals surface area contributed by atoms with E-state index in [2.05, 4.69) is 14.7 Å². The topological polar surface area (TPSA) is 98.0 Å². The van der Waals surface area contributed by atoms with Crippen molar-refractivity contribution in [3.8, 4) is 0 Å². The Bertz CT molecular complexity index is 723. The van der Waals surface area contributed by atoms with Gasteiger partial charge in [0.25, 0.3) is 10.0 Å². The van der Waals surface area contributed by atoms with Gasteiger partial charge in [-0.3, -0.25) is 4.72 Å². The molecule has 1 heterocycles. The smallest absolute Gasteiger partial charge is 0.265 e. The van der Waals surface area contributed by atoms with Crippen LogP contribution < -0.4 is 10.5 Å². The van der Waals surface area contributed by atoms with Gasteiger partial charge >= 0.3 is 0 Å². The average molecular weight is 303 g/mol. The molecule has 0 spiro atoms. The van der Waals surface area contributed by atoms with E-state index in [1.165, 1.54) is 6.07 Å². The second-order valence-electron chi connectivity index (χ2n) is 3.51. The van der Waals surface area contributed by atoms with Gasteiger partial charge in [0.1, 0.15) is 28.0 Å². The summed E-state index contributed by atoms with van der Waals surface area (Å²) in [6, 6.07) is 4.22. The number of hydrogen-bond acceptors (Lipinski definition) is 5. The third-order valence-electron chi connectivity index (χ3n) is 2.13. The number of nitrogens with one attached hydrogen (secondary N) is 1. The van der Waals surface area contributed by atoms with Crippen molar-refractivity contribution in [3.63, 3.8) is 0 Å². The van der Waals surface area contributed by atoms with Crippen LogP contribution >= 0.6 is 11.6 Å². The van der Waals surface area contributed by atoms with Crippen LogP contribution in [0.25, 0.3) is 0 Å². The molecule has 0 saturated carbocycles. The minimum Gasteiger partial charge on any atom is -0.398 e. The highest BCUT2D eigenvalue weighted by Gasteiger charge is 2.18. The summed E-state index contributed by atoms with van der Waals surface area (Å²) in [5.41, 5.74) is 5.27. The number of nitrogens with zero attached hydrogens (tertiary/aromatic N) is 2. The molecule has 0 radical (unpaired) electrons. The minimum atomic E-state index is -3.97. The molecule has 0 fully saturated rings. The highest BCUT2D eigenvalue weighted by Crippen LogP contribution is 2.22. The first-order valence-corrected chi connectivity index (χ1v) is 6.80. The highest BCUT2D eigenvalue weighted by molar-refractivity contribution is 7.92. The van der Waals surface area contributed by atoms with Crippen molar-refractivity contribution in [2.24, 2.45) is 0 Å². The first kappa shape index (κ1) is 13.5. The normalized spacial score (nSPS) is 11.3. The van der Waals surface area contributed by atoms with Gasteiger partial charge in [-0.1, -0.05) is 11.6 Å². The van der Waals surface area contributed by atoms with Crippen LogP contribution in [0.4, 0.5) is 15.9 Å². The Morgan fingerprint density at radius 3 is 2.63 bits per heavy atom. The van der Waals surface area contributed by atoms with Crippen LogP contribution in [-0.4, -0.2) is 18.4 Å². The van der Waals surface area contributed by atoms with Crippen LogP contribution in [0, 0.1) is 5.82 Å². The molecule has 3 N–H and O–H groups in total. The Hall–Kier alpha value is -1.93. The molecule has 0 aliphatic heterocycles. The van der Waals surface area contributed by atoms with Crippen LogP contribution in [0.5, 0.6) is 0 Å². The SMILES string of the molecule is Nc1cc(F)ccc1S(=O)(=O)Nc1cc(Cl)ncn1. The molecule has 1 aromatic carbocycles. The van der Waals surface area contributed by atoms with Gasteiger partial charge in [-0.15, -0.1) is 0 Å². The standard InChI is InChI=1S/C10H8ClFN4O2S/c11-9-4-10(15-5-14-9)16-19(17,18)8-2-1-6(12)3-7(8)13/h1-5H,13H2,(H,14,15,16). The fourth-order valence-electron chi connectivity index (χ4n) is 1.35. The molecule has 0 saturated heterocycles. The molecule has 0 amide bonds. The fourth-order valence-corrected chi connectivity index (χ4v) is 2.61. The zero-order chi connectivity index (χ0) is 14.0. The second kappa shape index (κ2) is 4.98. The largest absolute Gasteiger partial charge is 0.398 e. The van der Waals surface area contributed by atoms with Gasteiger partial charge < -0.3 is 5.73 Å². The molecule has 0 aliphatic rings. The number of nitrogens with two attached hydrogens (primary N) is 1. The van der Waals surface area contributed by atoms with E-state index in [1.807, 2.05) is 0 Å². The predicted octanol–water partition coefficient (Wildman–Crippen LogP) is 1.65. The third-order valence-corrected chi connectivity index (χ3v) is 3.77. The molecule has 6 nitrogen and oxygen atoms in total. The second-order valence-corrected chi connectivity index (χ2v) is 5.55. The van der Waals surface area contributed by atoms with Crippen molar-refractivity contribution < 1.29 is 12.8 Å². The van der Waals surface area contributed by atoms with Crippen molar-refractivity contribution in [2.45, 2.75) is 4.90 Å². The van der Waals surface area contributed by atoms with E-state index in [0.717, 1.165) is 24.5 Å². The third kappa shape index (κ3) is 3.09. The van der Waals surface area contributed by atoms with E-state index >= 15 is 0 Å². The van der Waals surface area contributed by atoms with Crippen molar-refractivity contribution in [1.82, 2.24) is 9.97 Å². The molecular formula is C10H8ClFN4O2S. The lowest BCUT2D eigenvalue weighted by Crippen LogP contribution is -2.15. The molecular weight excluding hydrogens is 295 g/mol. The van der Waals surface area contributed by atoms with Crippen molar-refractivity contribution in [2.75, 3.05) is 10.5 Å². The average Bonchev–Trinajstić information content (AvgIpc) is 2.27. The molecule has 100 valence electrons. The molecule has 1 aromatic heterocycles. The molecule has 9 heteroatoms. The van der Waals surface area contributed by atoms with Crippen molar-refractivity contribution in [1.29, 1.82) is 0 Å². The first-order chi connectivity index (χ1) is 8.88. The summed E-state index contributed by atoms with van der Waals surface area (Å²) >= 11 is 5.61. The quantitative estimate of drug-likeness (QED) is 0.663. The number of rotatable bonds is 3. The Morgan fingerprint density at radius 1 is 1.26 bits per heavy atom. The van der Waals surface area contributed by atoms with Gasteiger partial charge in [0.15, 0.2) is 0 Å². The Kier molecular flexibility index (Phi) is 3.54. The van der Waals surface area contributed by atoms with Crippen molar-refractivity contribution in [3.05, 3.63) is 41.6 Å². The Labute approximate surface area is 113 Å². The molecule has 2 aromatic rings. The summed E-state index contributed by atoms with van der Waals surface area (Å²) in [7, 11) is -3.97. The predicted molar refractivity (Wildman–Crippen MR) is 68.7 cm³/mol. The number of halogens is 2. The number of nitrogen functional groups attached to an aromatic ring is 1. The maximum atomic E-state index is 12.9. The van der Waals surface area contributed by atoms with E-state index in [1.54, 1.807) is 0 Å². The van der Waals surface area contributed by atoms with Gasteiger partial charge in [-0.25, -0.2) is 22.8 Å². The van der Waals surface area contributed by atoms with Crippen molar-refractivity contribution >= 4 is 33.1 Å². The zero-order valence-electron chi connectivity index (χ0n) is 9.34. The minimum absolute atomic E-state index is 0.0104. The summed E-state index contributed by atoms with van der Waals surface area (Å²) in [5, 5.41) is 0.0831. The van der Waals surface area contributed by atoms with Crippen LogP contribution in [0.15, 0.2) is 35.5 Å². The van der Waals surface area contributed by atoms with Gasteiger partial charge in [0.05, 0.1) is 5.69 Å². The van der Waals surface area contributed by atoms with Crippen LogP contribution in [0.3, 0.4) is 0 Å². The van der Waals surface area contributed by atoms with Crippen LogP contribution in [0.1, 0.15) is 0 Å².